The number of non-ortho nitro benzene ring substituents is 1. The molecule has 1 aromatic heterocycles. The Hall–Kier alpha value is -3.45. The average Bonchev–Trinajstić information content (AvgIpc) is 2.91. The minimum atomic E-state index is -0.342. The molecule has 3 aromatic rings. The van der Waals surface area contributed by atoms with Crippen LogP contribution >= 0.6 is 0 Å². The van der Waals surface area contributed by atoms with E-state index in [0.717, 1.165) is 50.3 Å². The maximum atomic E-state index is 11.0. The Morgan fingerprint density at radius 3 is 2.43 bits per heavy atom. The van der Waals surface area contributed by atoms with Gasteiger partial charge in [-0.1, -0.05) is 43.2 Å². The van der Waals surface area contributed by atoms with Gasteiger partial charge >= 0.3 is 0 Å². The van der Waals surface area contributed by atoms with Gasteiger partial charge in [-0.2, -0.15) is 0 Å². The SMILES string of the molecule is O=[N+]([O-])c1ccc(N2CCC[C@H](NC3CCCCC3Nc3cc(-c4ccccc4)ccn3)C2)cc1. The van der Waals surface area contributed by atoms with Gasteiger partial charge in [-0.3, -0.25) is 10.1 Å². The van der Waals surface area contributed by atoms with E-state index < -0.39 is 0 Å². The molecule has 35 heavy (non-hydrogen) atoms. The lowest BCUT2D eigenvalue weighted by Gasteiger charge is -2.40. The highest BCUT2D eigenvalue weighted by Gasteiger charge is 2.29. The monoisotopic (exact) mass is 471 g/mol. The van der Waals surface area contributed by atoms with Crippen LogP contribution in [-0.4, -0.2) is 41.1 Å². The predicted molar refractivity (Wildman–Crippen MR) is 141 cm³/mol. The van der Waals surface area contributed by atoms with E-state index in [2.05, 4.69) is 56.9 Å². The highest BCUT2D eigenvalue weighted by Crippen LogP contribution is 2.27. The lowest BCUT2D eigenvalue weighted by molar-refractivity contribution is -0.384. The van der Waals surface area contributed by atoms with E-state index in [-0.39, 0.29) is 10.6 Å². The summed E-state index contributed by atoms with van der Waals surface area (Å²) in [5, 5.41) is 18.7. The highest BCUT2D eigenvalue weighted by molar-refractivity contribution is 5.66. The lowest BCUT2D eigenvalue weighted by Crippen LogP contribution is -2.54. The molecular weight excluding hydrogens is 438 g/mol. The van der Waals surface area contributed by atoms with Crippen LogP contribution in [0.1, 0.15) is 38.5 Å². The van der Waals surface area contributed by atoms with Crippen LogP contribution < -0.4 is 15.5 Å². The van der Waals surface area contributed by atoms with E-state index in [0.29, 0.717) is 18.1 Å². The molecular formula is C28H33N5O2. The second-order valence-electron chi connectivity index (χ2n) is 9.66. The molecule has 0 amide bonds. The van der Waals surface area contributed by atoms with Gasteiger partial charge in [0, 0.05) is 55.2 Å². The number of hydrogen-bond acceptors (Lipinski definition) is 6. The Bertz CT molecular complexity index is 1120. The Labute approximate surface area is 206 Å². The van der Waals surface area contributed by atoms with Crippen LogP contribution in [0.3, 0.4) is 0 Å². The van der Waals surface area contributed by atoms with E-state index in [1.807, 2.05) is 24.4 Å². The summed E-state index contributed by atoms with van der Waals surface area (Å²) in [6, 6.07) is 22.7. The summed E-state index contributed by atoms with van der Waals surface area (Å²) in [6.45, 7) is 1.90. The first-order valence-corrected chi connectivity index (χ1v) is 12.7. The topological polar surface area (TPSA) is 83.3 Å². The van der Waals surface area contributed by atoms with Gasteiger partial charge in [-0.15, -0.1) is 0 Å². The zero-order chi connectivity index (χ0) is 24.0. The van der Waals surface area contributed by atoms with Crippen LogP contribution in [0.2, 0.25) is 0 Å². The van der Waals surface area contributed by atoms with Gasteiger partial charge < -0.3 is 15.5 Å². The normalized spacial score (nSPS) is 22.5. The van der Waals surface area contributed by atoms with E-state index in [1.54, 1.807) is 12.1 Å². The van der Waals surface area contributed by atoms with Crippen molar-refractivity contribution in [2.24, 2.45) is 0 Å². The van der Waals surface area contributed by atoms with E-state index in [4.69, 9.17) is 0 Å². The van der Waals surface area contributed by atoms with Crippen LogP contribution in [0.5, 0.6) is 0 Å². The molecule has 0 spiro atoms. The second-order valence-corrected chi connectivity index (χ2v) is 9.66. The number of nitro groups is 1. The molecule has 0 radical (unpaired) electrons. The number of hydrogen-bond donors (Lipinski definition) is 2. The fourth-order valence-electron chi connectivity index (χ4n) is 5.45. The van der Waals surface area contributed by atoms with Crippen LogP contribution in [0, 0.1) is 10.1 Å². The zero-order valence-electron chi connectivity index (χ0n) is 20.0. The third-order valence-electron chi connectivity index (χ3n) is 7.26. The third-order valence-corrected chi connectivity index (χ3v) is 7.26. The largest absolute Gasteiger partial charge is 0.370 e. The summed E-state index contributed by atoms with van der Waals surface area (Å²) < 4.78 is 0. The number of rotatable bonds is 7. The minimum absolute atomic E-state index is 0.140. The van der Waals surface area contributed by atoms with Crippen molar-refractivity contribution in [3.8, 4) is 11.1 Å². The first-order chi connectivity index (χ1) is 17.2. The van der Waals surface area contributed by atoms with Gasteiger partial charge in [-0.05, 0) is 61.1 Å². The number of piperidine rings is 1. The highest BCUT2D eigenvalue weighted by atomic mass is 16.6. The summed E-state index contributed by atoms with van der Waals surface area (Å²) in [6.07, 6.45) is 8.91. The van der Waals surface area contributed by atoms with Gasteiger partial charge in [-0.25, -0.2) is 4.98 Å². The molecule has 7 nitrogen and oxygen atoms in total. The molecule has 1 aliphatic heterocycles. The van der Waals surface area contributed by atoms with Crippen molar-refractivity contribution in [3.05, 3.63) is 83.0 Å². The number of nitrogens with one attached hydrogen (secondary N) is 2. The molecule has 3 atom stereocenters. The first-order valence-electron chi connectivity index (χ1n) is 12.7. The van der Waals surface area contributed by atoms with Crippen molar-refractivity contribution < 1.29 is 4.92 Å². The summed E-state index contributed by atoms with van der Waals surface area (Å²) in [5.74, 6) is 0.932. The molecule has 2 aliphatic rings. The van der Waals surface area contributed by atoms with E-state index in [9.17, 15) is 10.1 Å². The maximum Gasteiger partial charge on any atom is 0.269 e. The van der Waals surface area contributed by atoms with Crippen LogP contribution in [0.4, 0.5) is 17.2 Å². The minimum Gasteiger partial charge on any atom is -0.370 e. The standard InChI is InChI=1S/C28H33N5O2/c34-33(35)25-14-12-24(13-15-25)32-18-6-9-23(20-32)30-26-10-4-5-11-27(26)31-28-19-22(16-17-29-28)21-7-2-1-3-8-21/h1-3,7-8,12-17,19,23,26-27,30H,4-6,9-11,18,20H2,(H,29,31)/t23-,26?,27?/m0/s1. The molecule has 1 saturated heterocycles. The molecule has 2 fully saturated rings. The maximum absolute atomic E-state index is 11.0. The van der Waals surface area contributed by atoms with Gasteiger partial charge in [0.1, 0.15) is 5.82 Å². The van der Waals surface area contributed by atoms with Crippen LogP contribution in [0.15, 0.2) is 72.9 Å². The van der Waals surface area contributed by atoms with Crippen LogP contribution in [-0.2, 0) is 0 Å². The molecule has 7 heteroatoms. The fraction of sp³-hybridized carbons (Fsp3) is 0.393. The number of anilines is 2. The zero-order valence-corrected chi connectivity index (χ0v) is 20.0. The van der Waals surface area contributed by atoms with Crippen molar-refractivity contribution in [1.82, 2.24) is 10.3 Å². The van der Waals surface area contributed by atoms with E-state index >= 15 is 0 Å². The van der Waals surface area contributed by atoms with Crippen molar-refractivity contribution in [3.63, 3.8) is 0 Å². The van der Waals surface area contributed by atoms with Crippen LogP contribution in [0.25, 0.3) is 11.1 Å². The summed E-state index contributed by atoms with van der Waals surface area (Å²) in [5.41, 5.74) is 3.57. The molecule has 2 unspecified atom stereocenters. The number of aromatic nitrogens is 1. The van der Waals surface area contributed by atoms with Gasteiger partial charge in [0.2, 0.25) is 0 Å². The number of nitrogens with zero attached hydrogens (tertiary/aromatic N) is 3. The molecule has 182 valence electrons. The molecule has 5 rings (SSSR count). The fourth-order valence-corrected chi connectivity index (χ4v) is 5.45. The summed E-state index contributed by atoms with van der Waals surface area (Å²) >= 11 is 0. The molecule has 2 aromatic carbocycles. The third kappa shape index (κ3) is 5.80. The summed E-state index contributed by atoms with van der Waals surface area (Å²) in [7, 11) is 0. The molecule has 0 bridgehead atoms. The van der Waals surface area contributed by atoms with Gasteiger partial charge in [0.05, 0.1) is 4.92 Å². The second kappa shape index (κ2) is 10.9. The van der Waals surface area contributed by atoms with Gasteiger partial charge in [0.15, 0.2) is 0 Å². The molecule has 2 heterocycles. The van der Waals surface area contributed by atoms with Crippen molar-refractivity contribution >= 4 is 17.2 Å². The van der Waals surface area contributed by atoms with Crippen molar-refractivity contribution in [2.75, 3.05) is 23.3 Å². The Balaban J connectivity index is 1.23. The molecule has 1 saturated carbocycles. The lowest BCUT2D eigenvalue weighted by atomic mass is 9.89. The predicted octanol–water partition coefficient (Wildman–Crippen LogP) is 5.64. The van der Waals surface area contributed by atoms with Gasteiger partial charge in [0.25, 0.3) is 5.69 Å². The van der Waals surface area contributed by atoms with Crippen molar-refractivity contribution in [1.29, 1.82) is 0 Å². The number of benzene rings is 2. The van der Waals surface area contributed by atoms with Crippen molar-refractivity contribution in [2.45, 2.75) is 56.7 Å². The number of pyridine rings is 1. The van der Waals surface area contributed by atoms with E-state index in [1.165, 1.54) is 24.0 Å². The average molecular weight is 472 g/mol. The molecule has 2 N–H and O–H groups in total. The quantitative estimate of drug-likeness (QED) is 0.343. The summed E-state index contributed by atoms with van der Waals surface area (Å²) in [4.78, 5) is 17.6. The Kier molecular flexibility index (Phi) is 7.23. The number of nitro benzene ring substituents is 1. The molecule has 1 aliphatic carbocycles. The smallest absolute Gasteiger partial charge is 0.269 e. The Morgan fingerprint density at radius 1 is 0.886 bits per heavy atom. The Morgan fingerprint density at radius 2 is 1.66 bits per heavy atom. The first kappa shape index (κ1) is 23.3.